The van der Waals surface area contributed by atoms with Crippen molar-refractivity contribution in [3.8, 4) is 23.5 Å². The van der Waals surface area contributed by atoms with E-state index in [1.165, 1.54) is 23.8 Å². The van der Waals surface area contributed by atoms with Gasteiger partial charge in [0.2, 0.25) is 5.82 Å². The number of thiophene rings is 1. The average Bonchev–Trinajstić information content (AvgIpc) is 3.50. The number of hydrogen-bond acceptors (Lipinski definition) is 5. The van der Waals surface area contributed by atoms with Crippen LogP contribution in [0, 0.1) is 51.7 Å². The molecule has 0 aliphatic heterocycles. The first-order chi connectivity index (χ1) is 17.2. The quantitative estimate of drug-likeness (QED) is 0.108. The van der Waals surface area contributed by atoms with Crippen molar-refractivity contribution in [2.24, 2.45) is 7.05 Å². The lowest BCUT2D eigenvalue weighted by Gasteiger charge is -2.08. The van der Waals surface area contributed by atoms with Crippen LogP contribution in [-0.2, 0) is 7.05 Å². The molecule has 0 saturated carbocycles. The summed E-state index contributed by atoms with van der Waals surface area (Å²) in [6, 6.07) is 11.7. The van der Waals surface area contributed by atoms with Gasteiger partial charge in [0.25, 0.3) is 0 Å². The van der Waals surface area contributed by atoms with Crippen LogP contribution in [0.4, 0.5) is 22.0 Å². The van der Waals surface area contributed by atoms with Crippen LogP contribution in [0.15, 0.2) is 41.5 Å². The minimum Gasteiger partial charge on any atom is -0.326 e. The fraction of sp³-hybridized carbons (Fsp3) is 0.0400. The summed E-state index contributed by atoms with van der Waals surface area (Å²) >= 11 is 0.991. The first kappa shape index (κ1) is 23.1. The molecule has 0 N–H and O–H groups in total. The van der Waals surface area contributed by atoms with Crippen LogP contribution in [0.25, 0.3) is 33.4 Å². The number of nitrogens with zero attached hydrogens (tertiary/aromatic N) is 4. The molecule has 1 aliphatic rings. The third-order valence-corrected chi connectivity index (χ3v) is 6.71. The van der Waals surface area contributed by atoms with Crippen molar-refractivity contribution in [3.05, 3.63) is 86.6 Å². The largest absolute Gasteiger partial charge is 0.326 e. The normalized spacial score (nSPS) is 13.8. The molecule has 5 rings (SSSR count). The van der Waals surface area contributed by atoms with E-state index in [0.717, 1.165) is 11.3 Å². The minimum absolute atomic E-state index is 0.112. The van der Waals surface area contributed by atoms with Gasteiger partial charge in [0, 0.05) is 28.6 Å². The SMILES string of the molecule is Cn1c(-c2c(F)c(F)c(F)c(F)c2F)nc2sc(/C=C3\C(=O)c4ccccc4C3=C(C#N)C#N)cc21. The molecule has 0 fully saturated rings. The summed E-state index contributed by atoms with van der Waals surface area (Å²) in [5.41, 5.74) is -0.0211. The molecule has 2 heterocycles. The van der Waals surface area contributed by atoms with Crippen molar-refractivity contribution in [1.29, 1.82) is 10.5 Å². The molecule has 0 amide bonds. The van der Waals surface area contributed by atoms with Crippen molar-refractivity contribution in [2.45, 2.75) is 0 Å². The number of nitriles is 2. The molecule has 0 bridgehead atoms. The van der Waals surface area contributed by atoms with Gasteiger partial charge < -0.3 is 4.57 Å². The highest BCUT2D eigenvalue weighted by atomic mass is 32.1. The molecule has 11 heteroatoms. The van der Waals surface area contributed by atoms with E-state index < -0.39 is 46.3 Å². The second-order valence-electron chi connectivity index (χ2n) is 7.68. The number of carbonyl (C=O) groups is 1. The molecule has 0 spiro atoms. The second kappa shape index (κ2) is 8.26. The van der Waals surface area contributed by atoms with Gasteiger partial charge in [-0.2, -0.15) is 10.5 Å². The Kier molecular flexibility index (Phi) is 5.31. The fourth-order valence-electron chi connectivity index (χ4n) is 4.08. The summed E-state index contributed by atoms with van der Waals surface area (Å²) in [6.45, 7) is 0. The maximum absolute atomic E-state index is 14.3. The van der Waals surface area contributed by atoms with E-state index in [4.69, 9.17) is 0 Å². The molecule has 0 radical (unpaired) electrons. The minimum atomic E-state index is -2.26. The third kappa shape index (κ3) is 3.17. The summed E-state index contributed by atoms with van der Waals surface area (Å²) in [6.07, 6.45) is 1.47. The third-order valence-electron chi connectivity index (χ3n) is 5.75. The van der Waals surface area contributed by atoms with E-state index in [0.29, 0.717) is 21.5 Å². The number of fused-ring (bicyclic) bond motifs is 2. The van der Waals surface area contributed by atoms with E-state index >= 15 is 0 Å². The lowest BCUT2D eigenvalue weighted by molar-refractivity contribution is 0.104. The number of Topliss-reactive ketones (excluding diaryl/α,β-unsaturated/α-hetero) is 1. The summed E-state index contributed by atoms with van der Waals surface area (Å²) in [7, 11) is 1.34. The van der Waals surface area contributed by atoms with Crippen molar-refractivity contribution in [3.63, 3.8) is 0 Å². The van der Waals surface area contributed by atoms with Gasteiger partial charge in [0.1, 0.15) is 28.4 Å². The number of allylic oxidation sites excluding steroid dienone is 3. The number of aryl methyl sites for hydroxylation is 1. The van der Waals surface area contributed by atoms with E-state index in [2.05, 4.69) is 4.98 Å². The first-order valence-electron chi connectivity index (χ1n) is 10.1. The van der Waals surface area contributed by atoms with E-state index in [-0.39, 0.29) is 21.5 Å². The zero-order chi connectivity index (χ0) is 25.9. The fourth-order valence-corrected chi connectivity index (χ4v) is 5.08. The predicted molar refractivity (Wildman–Crippen MR) is 121 cm³/mol. The Morgan fingerprint density at radius 3 is 2.14 bits per heavy atom. The van der Waals surface area contributed by atoms with Crippen LogP contribution in [0.1, 0.15) is 20.8 Å². The van der Waals surface area contributed by atoms with E-state index in [1.54, 1.807) is 36.4 Å². The van der Waals surface area contributed by atoms with Crippen molar-refractivity contribution < 1.29 is 26.7 Å². The van der Waals surface area contributed by atoms with Gasteiger partial charge in [-0.25, -0.2) is 26.9 Å². The molecular formula is C25H9F5N4OS. The van der Waals surface area contributed by atoms with Crippen molar-refractivity contribution in [2.75, 3.05) is 0 Å². The Balaban J connectivity index is 1.67. The topological polar surface area (TPSA) is 82.5 Å². The number of ketones is 1. The van der Waals surface area contributed by atoms with Crippen LogP contribution in [0.3, 0.4) is 0 Å². The van der Waals surface area contributed by atoms with E-state index in [9.17, 15) is 37.3 Å². The van der Waals surface area contributed by atoms with Gasteiger partial charge in [-0.3, -0.25) is 4.79 Å². The summed E-state index contributed by atoms with van der Waals surface area (Å²) in [5, 5.41) is 18.8. The highest BCUT2D eigenvalue weighted by Crippen LogP contribution is 2.41. The Morgan fingerprint density at radius 2 is 1.56 bits per heavy atom. The number of aromatic nitrogens is 2. The lowest BCUT2D eigenvalue weighted by atomic mass is 9.99. The monoisotopic (exact) mass is 508 g/mol. The number of carbonyl (C=O) groups excluding carboxylic acids is 1. The summed E-state index contributed by atoms with van der Waals surface area (Å²) in [4.78, 5) is 17.8. The highest BCUT2D eigenvalue weighted by molar-refractivity contribution is 7.19. The molecule has 5 nitrogen and oxygen atoms in total. The van der Waals surface area contributed by atoms with Crippen LogP contribution >= 0.6 is 11.3 Å². The van der Waals surface area contributed by atoms with Crippen molar-refractivity contribution >= 4 is 39.1 Å². The van der Waals surface area contributed by atoms with Gasteiger partial charge in [0.15, 0.2) is 29.1 Å². The lowest BCUT2D eigenvalue weighted by Crippen LogP contribution is -2.06. The number of benzene rings is 2. The number of imidazole rings is 1. The Labute approximate surface area is 203 Å². The number of hydrogen-bond donors (Lipinski definition) is 0. The molecular weight excluding hydrogens is 499 g/mol. The van der Waals surface area contributed by atoms with Crippen LogP contribution in [0.5, 0.6) is 0 Å². The number of rotatable bonds is 2. The molecule has 1 aliphatic carbocycles. The van der Waals surface area contributed by atoms with Gasteiger partial charge in [-0.1, -0.05) is 24.3 Å². The van der Waals surface area contributed by atoms with Crippen molar-refractivity contribution in [1.82, 2.24) is 9.55 Å². The van der Waals surface area contributed by atoms with Crippen LogP contribution < -0.4 is 0 Å². The first-order valence-corrected chi connectivity index (χ1v) is 10.9. The van der Waals surface area contributed by atoms with Gasteiger partial charge in [-0.15, -0.1) is 11.3 Å². The second-order valence-corrected chi connectivity index (χ2v) is 8.75. The molecule has 0 unspecified atom stereocenters. The number of halogens is 5. The van der Waals surface area contributed by atoms with Crippen LogP contribution in [-0.4, -0.2) is 15.3 Å². The smallest absolute Gasteiger partial charge is 0.200 e. The molecule has 176 valence electrons. The Morgan fingerprint density at radius 1 is 0.972 bits per heavy atom. The molecule has 4 aromatic rings. The van der Waals surface area contributed by atoms with Gasteiger partial charge >= 0.3 is 0 Å². The average molecular weight is 508 g/mol. The highest BCUT2D eigenvalue weighted by Gasteiger charge is 2.33. The van der Waals surface area contributed by atoms with Crippen LogP contribution in [0.2, 0.25) is 0 Å². The Hall–Kier alpha value is -4.61. The molecule has 0 atom stereocenters. The molecule has 2 aromatic carbocycles. The molecule has 0 saturated heterocycles. The zero-order valence-electron chi connectivity index (χ0n) is 18.0. The standard InChI is InChI=1S/C25H9F5N4OS/c1-34-15-7-11(6-14-16(10(8-31)9-32)12-4-2-3-5-13(12)23(14)35)36-25(15)33-24(34)17-18(26)20(28)22(30)21(29)19(17)27/h2-7H,1H3/b14-6-. The molecule has 2 aromatic heterocycles. The van der Waals surface area contributed by atoms with Gasteiger partial charge in [0.05, 0.1) is 11.1 Å². The predicted octanol–water partition coefficient (Wildman–Crippen LogP) is 6.08. The summed E-state index contributed by atoms with van der Waals surface area (Å²) < 4.78 is 70.7. The molecule has 36 heavy (non-hydrogen) atoms. The Bertz CT molecular complexity index is 1750. The summed E-state index contributed by atoms with van der Waals surface area (Å²) in [5.74, 6) is -11.3. The maximum Gasteiger partial charge on any atom is 0.200 e. The van der Waals surface area contributed by atoms with E-state index in [1.807, 2.05) is 0 Å². The maximum atomic E-state index is 14.3. The van der Waals surface area contributed by atoms with Gasteiger partial charge in [-0.05, 0) is 17.7 Å². The zero-order valence-corrected chi connectivity index (χ0v) is 18.8.